The molecule has 2 aliphatic heterocycles. The number of morpholine rings is 1. The predicted molar refractivity (Wildman–Crippen MR) is 80.0 cm³/mol. The Bertz CT molecular complexity index is 647. The average molecular weight is 325 g/mol. The van der Waals surface area contributed by atoms with Gasteiger partial charge in [-0.1, -0.05) is 6.07 Å². The second kappa shape index (κ2) is 5.94. The van der Waals surface area contributed by atoms with E-state index in [-0.39, 0.29) is 19.0 Å². The molecule has 0 spiro atoms. The highest BCUT2D eigenvalue weighted by Gasteiger charge is 2.43. The maximum Gasteiger partial charge on any atom is 0.272 e. The molecule has 2 saturated heterocycles. The molecular weight excluding hydrogens is 306 g/mol. The van der Waals surface area contributed by atoms with Gasteiger partial charge in [0.15, 0.2) is 0 Å². The van der Waals surface area contributed by atoms with E-state index in [1.165, 1.54) is 9.21 Å². The Morgan fingerprint density at radius 2 is 1.95 bits per heavy atom. The van der Waals surface area contributed by atoms with Crippen molar-refractivity contribution in [2.75, 3.05) is 39.4 Å². The van der Waals surface area contributed by atoms with Gasteiger partial charge in [-0.2, -0.15) is 4.31 Å². The molecular formula is C14H19N3O4S. The second-order valence-electron chi connectivity index (χ2n) is 5.61. The quantitative estimate of drug-likeness (QED) is 0.774. The summed E-state index contributed by atoms with van der Waals surface area (Å²) >= 11 is 0. The largest absolute Gasteiger partial charge is 0.379 e. The van der Waals surface area contributed by atoms with Crippen molar-refractivity contribution in [1.29, 1.82) is 0 Å². The van der Waals surface area contributed by atoms with Crippen molar-refractivity contribution in [3.63, 3.8) is 0 Å². The first kappa shape index (κ1) is 15.4. The van der Waals surface area contributed by atoms with Crippen molar-refractivity contribution in [2.45, 2.75) is 12.2 Å². The van der Waals surface area contributed by atoms with Gasteiger partial charge in [0.1, 0.15) is 10.9 Å². The SMILES string of the molecule is Cc1ccc(C(=O)N2CC(S(=O)(=O)N3CCOCC3)C2)nc1. The molecule has 0 unspecified atom stereocenters. The third-order valence-corrected chi connectivity index (χ3v) is 6.24. The number of sulfonamides is 1. The van der Waals surface area contributed by atoms with Crippen molar-refractivity contribution in [1.82, 2.24) is 14.2 Å². The first-order valence-corrected chi connectivity index (χ1v) is 8.77. The molecule has 0 aromatic carbocycles. The summed E-state index contributed by atoms with van der Waals surface area (Å²) < 4.78 is 31.5. The third-order valence-electron chi connectivity index (χ3n) is 4.02. The Labute approximate surface area is 129 Å². The highest BCUT2D eigenvalue weighted by Crippen LogP contribution is 2.22. The van der Waals surface area contributed by atoms with E-state index >= 15 is 0 Å². The number of aromatic nitrogens is 1. The van der Waals surface area contributed by atoms with Gasteiger partial charge >= 0.3 is 0 Å². The standard InChI is InChI=1S/C14H19N3O4S/c1-11-2-3-13(15-8-11)14(18)16-9-12(10-16)22(19,20)17-4-6-21-7-5-17/h2-3,8,12H,4-7,9-10H2,1H3. The lowest BCUT2D eigenvalue weighted by atomic mass is 10.2. The van der Waals surface area contributed by atoms with E-state index in [0.717, 1.165) is 5.56 Å². The van der Waals surface area contributed by atoms with Crippen LogP contribution in [0.2, 0.25) is 0 Å². The van der Waals surface area contributed by atoms with Crippen LogP contribution in [-0.4, -0.2) is 73.2 Å². The third kappa shape index (κ3) is 2.86. The van der Waals surface area contributed by atoms with Crippen LogP contribution < -0.4 is 0 Å². The van der Waals surface area contributed by atoms with Gasteiger partial charge < -0.3 is 9.64 Å². The van der Waals surface area contributed by atoms with Crippen molar-refractivity contribution in [3.8, 4) is 0 Å². The molecule has 2 fully saturated rings. The van der Waals surface area contributed by atoms with Gasteiger partial charge in [-0.25, -0.2) is 8.42 Å². The van der Waals surface area contributed by atoms with Crippen molar-refractivity contribution >= 4 is 15.9 Å². The second-order valence-corrected chi connectivity index (χ2v) is 7.82. The molecule has 0 radical (unpaired) electrons. The molecule has 1 aromatic rings. The Kier molecular flexibility index (Phi) is 4.16. The molecule has 0 N–H and O–H groups in total. The molecule has 1 aromatic heterocycles. The van der Waals surface area contributed by atoms with Crippen LogP contribution in [0.25, 0.3) is 0 Å². The number of nitrogens with zero attached hydrogens (tertiary/aromatic N) is 3. The molecule has 0 aliphatic carbocycles. The Morgan fingerprint density at radius 3 is 2.55 bits per heavy atom. The molecule has 2 aliphatic rings. The number of carbonyl (C=O) groups excluding carboxylic acids is 1. The minimum atomic E-state index is -3.34. The monoisotopic (exact) mass is 325 g/mol. The summed E-state index contributed by atoms with van der Waals surface area (Å²) in [4.78, 5) is 17.8. The van der Waals surface area contributed by atoms with Crippen molar-refractivity contribution in [2.24, 2.45) is 0 Å². The molecule has 1 amide bonds. The number of amides is 1. The first-order valence-electron chi connectivity index (χ1n) is 7.27. The zero-order chi connectivity index (χ0) is 15.7. The van der Waals surface area contributed by atoms with E-state index < -0.39 is 15.3 Å². The van der Waals surface area contributed by atoms with E-state index in [4.69, 9.17) is 4.74 Å². The van der Waals surface area contributed by atoms with E-state index in [0.29, 0.717) is 32.0 Å². The summed E-state index contributed by atoms with van der Waals surface area (Å²) in [6.07, 6.45) is 1.63. The van der Waals surface area contributed by atoms with Gasteiger partial charge in [0.2, 0.25) is 10.0 Å². The summed E-state index contributed by atoms with van der Waals surface area (Å²) in [5.41, 5.74) is 1.33. The highest BCUT2D eigenvalue weighted by molar-refractivity contribution is 7.89. The first-order chi connectivity index (χ1) is 10.5. The molecule has 7 nitrogen and oxygen atoms in total. The van der Waals surface area contributed by atoms with Crippen LogP contribution in [0.4, 0.5) is 0 Å². The van der Waals surface area contributed by atoms with Gasteiger partial charge in [-0.05, 0) is 18.6 Å². The van der Waals surface area contributed by atoms with E-state index in [2.05, 4.69) is 4.98 Å². The van der Waals surface area contributed by atoms with Crippen molar-refractivity contribution < 1.29 is 17.9 Å². The number of pyridine rings is 1. The number of aryl methyl sites for hydroxylation is 1. The Balaban J connectivity index is 1.61. The smallest absolute Gasteiger partial charge is 0.272 e. The van der Waals surface area contributed by atoms with Gasteiger partial charge in [0, 0.05) is 32.4 Å². The summed E-state index contributed by atoms with van der Waals surface area (Å²) in [5, 5.41) is -0.514. The van der Waals surface area contributed by atoms with Gasteiger partial charge in [0.05, 0.1) is 13.2 Å². The molecule has 3 rings (SSSR count). The summed E-state index contributed by atoms with van der Waals surface area (Å²) in [6, 6.07) is 3.49. The molecule has 0 bridgehead atoms. The fourth-order valence-corrected chi connectivity index (χ4v) is 4.38. The van der Waals surface area contributed by atoms with Gasteiger partial charge in [-0.3, -0.25) is 9.78 Å². The molecule has 0 saturated carbocycles. The van der Waals surface area contributed by atoms with Crippen LogP contribution >= 0.6 is 0 Å². The fraction of sp³-hybridized carbons (Fsp3) is 0.571. The molecule has 0 atom stereocenters. The average Bonchev–Trinajstić information content (AvgIpc) is 2.47. The summed E-state index contributed by atoms with van der Waals surface area (Å²) in [5.74, 6) is -0.214. The van der Waals surface area contributed by atoms with Crippen LogP contribution in [0.3, 0.4) is 0 Å². The van der Waals surface area contributed by atoms with Crippen LogP contribution in [-0.2, 0) is 14.8 Å². The Hall–Kier alpha value is -1.51. The molecule has 22 heavy (non-hydrogen) atoms. The molecule has 3 heterocycles. The lowest BCUT2D eigenvalue weighted by Gasteiger charge is -2.41. The molecule has 8 heteroatoms. The van der Waals surface area contributed by atoms with Crippen molar-refractivity contribution in [3.05, 3.63) is 29.6 Å². The van der Waals surface area contributed by atoms with E-state index in [1.54, 1.807) is 12.3 Å². The molecule has 120 valence electrons. The van der Waals surface area contributed by atoms with Crippen LogP contribution in [0.15, 0.2) is 18.3 Å². The van der Waals surface area contributed by atoms with E-state index in [1.807, 2.05) is 13.0 Å². The number of hydrogen-bond donors (Lipinski definition) is 0. The zero-order valence-corrected chi connectivity index (χ0v) is 13.3. The number of likely N-dealkylation sites (tertiary alicyclic amines) is 1. The van der Waals surface area contributed by atoms with E-state index in [9.17, 15) is 13.2 Å². The number of ether oxygens (including phenoxy) is 1. The van der Waals surface area contributed by atoms with Crippen LogP contribution in [0.1, 0.15) is 16.1 Å². The van der Waals surface area contributed by atoms with Gasteiger partial charge in [0.25, 0.3) is 5.91 Å². The summed E-state index contributed by atoms with van der Waals surface area (Å²) in [7, 11) is -3.34. The Morgan fingerprint density at radius 1 is 1.27 bits per heavy atom. The number of hydrogen-bond acceptors (Lipinski definition) is 5. The minimum absolute atomic E-state index is 0.214. The maximum absolute atomic E-state index is 12.4. The number of rotatable bonds is 3. The summed E-state index contributed by atoms with van der Waals surface area (Å²) in [6.45, 7) is 4.01. The lowest BCUT2D eigenvalue weighted by molar-refractivity contribution is 0.0612. The zero-order valence-electron chi connectivity index (χ0n) is 12.4. The topological polar surface area (TPSA) is 79.8 Å². The van der Waals surface area contributed by atoms with Crippen LogP contribution in [0.5, 0.6) is 0 Å². The van der Waals surface area contributed by atoms with Crippen LogP contribution in [0, 0.1) is 6.92 Å². The van der Waals surface area contributed by atoms with Gasteiger partial charge in [-0.15, -0.1) is 0 Å². The number of carbonyl (C=O) groups is 1. The normalized spacial score (nSPS) is 20.7. The fourth-order valence-electron chi connectivity index (χ4n) is 2.56. The minimum Gasteiger partial charge on any atom is -0.379 e. The highest BCUT2D eigenvalue weighted by atomic mass is 32.2. The predicted octanol–water partition coefficient (Wildman–Crippen LogP) is -0.124. The maximum atomic E-state index is 12.4. The lowest BCUT2D eigenvalue weighted by Crippen LogP contribution is -2.61.